The van der Waals surface area contributed by atoms with Gasteiger partial charge in [0.25, 0.3) is 0 Å². The van der Waals surface area contributed by atoms with Gasteiger partial charge in [-0.05, 0) is 37.1 Å². The van der Waals surface area contributed by atoms with E-state index in [1.807, 2.05) is 43.3 Å². The van der Waals surface area contributed by atoms with E-state index in [9.17, 15) is 8.42 Å². The van der Waals surface area contributed by atoms with Gasteiger partial charge >= 0.3 is 0 Å². The highest BCUT2D eigenvalue weighted by Crippen LogP contribution is 2.21. The molecule has 5 heteroatoms. The van der Waals surface area contributed by atoms with Crippen LogP contribution in [0.2, 0.25) is 0 Å². The van der Waals surface area contributed by atoms with Crippen molar-refractivity contribution in [1.29, 1.82) is 0 Å². The molecule has 0 heterocycles. The van der Waals surface area contributed by atoms with E-state index in [1.165, 1.54) is 0 Å². The van der Waals surface area contributed by atoms with Gasteiger partial charge in [0.05, 0.1) is 10.9 Å². The van der Waals surface area contributed by atoms with Gasteiger partial charge in [-0.2, -0.15) is 0 Å². The van der Waals surface area contributed by atoms with Gasteiger partial charge in [0.15, 0.2) is 0 Å². The second kappa shape index (κ2) is 8.42. The van der Waals surface area contributed by atoms with Crippen molar-refractivity contribution >= 4 is 32.0 Å². The third-order valence-corrected chi connectivity index (χ3v) is 5.74. The lowest BCUT2D eigenvalue weighted by Crippen LogP contribution is -2.34. The molecule has 24 heavy (non-hydrogen) atoms. The van der Waals surface area contributed by atoms with Gasteiger partial charge in [-0.25, -0.2) is 13.1 Å². The highest BCUT2D eigenvalue weighted by molar-refractivity contribution is 9.11. The summed E-state index contributed by atoms with van der Waals surface area (Å²) in [5, 5.41) is 0. The van der Waals surface area contributed by atoms with Crippen molar-refractivity contribution in [2.45, 2.75) is 24.3 Å². The number of hydrogen-bond donors (Lipinski definition) is 1. The number of hydrogen-bond acceptors (Lipinski definition) is 2. The zero-order chi connectivity index (χ0) is 17.6. The third kappa shape index (κ3) is 5.16. The maximum atomic E-state index is 12.6. The van der Waals surface area contributed by atoms with Crippen LogP contribution in [0.5, 0.6) is 0 Å². The Kier molecular flexibility index (Phi) is 6.54. The lowest BCUT2D eigenvalue weighted by Gasteiger charge is -2.17. The molecule has 2 aromatic carbocycles. The molecule has 0 fully saturated rings. The number of sulfonamides is 1. The summed E-state index contributed by atoms with van der Waals surface area (Å²) >= 11 is 3.51. The summed E-state index contributed by atoms with van der Waals surface area (Å²) in [5.74, 6) is 0. The van der Waals surface area contributed by atoms with Crippen LogP contribution in [0.4, 0.5) is 0 Å². The van der Waals surface area contributed by atoms with Crippen LogP contribution >= 0.6 is 15.9 Å². The summed E-state index contributed by atoms with van der Waals surface area (Å²) in [7, 11) is -3.60. The molecule has 0 amide bonds. The van der Waals surface area contributed by atoms with Crippen LogP contribution in [0.3, 0.4) is 0 Å². The Morgan fingerprint density at radius 2 is 1.79 bits per heavy atom. The fraction of sp³-hybridized carbons (Fsp3) is 0.158. The number of rotatable bonds is 7. The van der Waals surface area contributed by atoms with Gasteiger partial charge in [0.2, 0.25) is 10.0 Å². The first kappa shape index (κ1) is 18.6. The molecular weight excluding hydrogens is 386 g/mol. The van der Waals surface area contributed by atoms with Gasteiger partial charge in [-0.3, -0.25) is 0 Å². The Hall–Kier alpha value is -1.69. The molecule has 0 radical (unpaired) electrons. The molecule has 1 atom stereocenters. The molecule has 2 aromatic rings. The SMILES string of the molecule is C=CCC(NS(=O)(=O)c1ccc(C)cc1)/C(Br)=C\c1ccccc1. The summed E-state index contributed by atoms with van der Waals surface area (Å²) in [5.41, 5.74) is 2.01. The molecule has 2 rings (SSSR count). The zero-order valence-corrected chi connectivity index (χ0v) is 15.8. The number of nitrogens with one attached hydrogen (secondary N) is 1. The van der Waals surface area contributed by atoms with Crippen LogP contribution in [0.1, 0.15) is 17.5 Å². The molecule has 126 valence electrons. The Morgan fingerprint density at radius 1 is 1.17 bits per heavy atom. The summed E-state index contributed by atoms with van der Waals surface area (Å²) in [6.45, 7) is 5.64. The van der Waals surface area contributed by atoms with E-state index < -0.39 is 16.1 Å². The smallest absolute Gasteiger partial charge is 0.207 e. The molecular formula is C19H20BrNO2S. The Bertz CT molecular complexity index is 812. The van der Waals surface area contributed by atoms with Crippen molar-refractivity contribution in [2.75, 3.05) is 0 Å². The Balaban J connectivity index is 2.26. The quantitative estimate of drug-likeness (QED) is 0.681. The van der Waals surface area contributed by atoms with Gasteiger partial charge < -0.3 is 0 Å². The van der Waals surface area contributed by atoms with Crippen LogP contribution in [0, 0.1) is 6.92 Å². The summed E-state index contributed by atoms with van der Waals surface area (Å²) in [6, 6.07) is 16.1. The first-order valence-corrected chi connectivity index (χ1v) is 9.82. The average molecular weight is 406 g/mol. The second-order valence-corrected chi connectivity index (χ2v) is 8.08. The normalized spacial score (nSPS) is 13.5. The molecule has 0 spiro atoms. The Morgan fingerprint density at radius 3 is 2.38 bits per heavy atom. The zero-order valence-electron chi connectivity index (χ0n) is 13.4. The minimum absolute atomic E-state index is 0.252. The number of halogens is 1. The fourth-order valence-electron chi connectivity index (χ4n) is 2.17. The first-order chi connectivity index (χ1) is 11.4. The lowest BCUT2D eigenvalue weighted by atomic mass is 10.1. The topological polar surface area (TPSA) is 46.2 Å². The highest BCUT2D eigenvalue weighted by Gasteiger charge is 2.21. The maximum absolute atomic E-state index is 12.6. The van der Waals surface area contributed by atoms with Crippen LogP contribution in [-0.2, 0) is 10.0 Å². The van der Waals surface area contributed by atoms with Crippen LogP contribution in [-0.4, -0.2) is 14.5 Å². The molecule has 1 N–H and O–H groups in total. The van der Waals surface area contributed by atoms with E-state index in [4.69, 9.17) is 0 Å². The minimum Gasteiger partial charge on any atom is -0.207 e. The van der Waals surface area contributed by atoms with E-state index in [-0.39, 0.29) is 4.90 Å². The van der Waals surface area contributed by atoms with Crippen molar-refractivity contribution < 1.29 is 8.42 Å². The maximum Gasteiger partial charge on any atom is 0.241 e. The number of aryl methyl sites for hydroxylation is 1. The highest BCUT2D eigenvalue weighted by atomic mass is 79.9. The fourth-order valence-corrected chi connectivity index (χ4v) is 4.11. The Labute approximate surface area is 152 Å². The predicted octanol–water partition coefficient (Wildman–Crippen LogP) is 4.65. The monoisotopic (exact) mass is 405 g/mol. The second-order valence-electron chi connectivity index (χ2n) is 5.45. The van der Waals surface area contributed by atoms with Gasteiger partial charge in [-0.15, -0.1) is 6.58 Å². The minimum atomic E-state index is -3.60. The molecule has 0 saturated carbocycles. The molecule has 0 aliphatic rings. The standard InChI is InChI=1S/C19H20BrNO2S/c1-3-7-19(18(20)14-16-8-5-4-6-9-16)21-24(22,23)17-12-10-15(2)11-13-17/h3-6,8-14,19,21H,1,7H2,2H3/b18-14+. The van der Waals surface area contributed by atoms with Crippen molar-refractivity contribution in [3.63, 3.8) is 0 Å². The summed E-state index contributed by atoms with van der Waals surface area (Å²) in [6.07, 6.45) is 4.09. The van der Waals surface area contributed by atoms with Gasteiger partial charge in [-0.1, -0.05) is 70.0 Å². The largest absolute Gasteiger partial charge is 0.241 e. The van der Waals surface area contributed by atoms with Crippen LogP contribution < -0.4 is 4.72 Å². The summed E-state index contributed by atoms with van der Waals surface area (Å²) < 4.78 is 28.7. The van der Waals surface area contributed by atoms with E-state index >= 15 is 0 Å². The van der Waals surface area contributed by atoms with Crippen molar-refractivity contribution in [2.24, 2.45) is 0 Å². The van der Waals surface area contributed by atoms with Crippen LogP contribution in [0.25, 0.3) is 6.08 Å². The van der Waals surface area contributed by atoms with E-state index in [0.717, 1.165) is 15.6 Å². The van der Waals surface area contributed by atoms with E-state index in [1.54, 1.807) is 30.3 Å². The molecule has 0 aliphatic heterocycles. The molecule has 0 aromatic heterocycles. The molecule has 0 bridgehead atoms. The molecule has 3 nitrogen and oxygen atoms in total. The first-order valence-electron chi connectivity index (χ1n) is 7.54. The summed E-state index contributed by atoms with van der Waals surface area (Å²) in [4.78, 5) is 0.252. The van der Waals surface area contributed by atoms with Gasteiger partial charge in [0.1, 0.15) is 0 Å². The lowest BCUT2D eigenvalue weighted by molar-refractivity contribution is 0.571. The van der Waals surface area contributed by atoms with Crippen LogP contribution in [0.15, 0.2) is 76.6 Å². The van der Waals surface area contributed by atoms with Crippen molar-refractivity contribution in [1.82, 2.24) is 4.72 Å². The van der Waals surface area contributed by atoms with E-state index in [0.29, 0.717) is 6.42 Å². The van der Waals surface area contributed by atoms with E-state index in [2.05, 4.69) is 27.2 Å². The number of benzene rings is 2. The van der Waals surface area contributed by atoms with Gasteiger partial charge in [0, 0.05) is 4.48 Å². The molecule has 0 saturated heterocycles. The average Bonchev–Trinajstić information content (AvgIpc) is 2.55. The molecule has 1 unspecified atom stereocenters. The van der Waals surface area contributed by atoms with Crippen molar-refractivity contribution in [3.05, 3.63) is 82.9 Å². The molecule has 0 aliphatic carbocycles. The predicted molar refractivity (Wildman–Crippen MR) is 103 cm³/mol. The van der Waals surface area contributed by atoms with Crippen molar-refractivity contribution in [3.8, 4) is 0 Å². The third-order valence-electron chi connectivity index (χ3n) is 3.47.